The average molecular weight is 318 g/mol. The second-order valence-electron chi connectivity index (χ2n) is 3.94. The Bertz CT molecular complexity index is 763. The van der Waals surface area contributed by atoms with E-state index in [0.29, 0.717) is 21.4 Å². The maximum Gasteiger partial charge on any atom is 0.213 e. The summed E-state index contributed by atoms with van der Waals surface area (Å²) in [5.41, 5.74) is 2.36. The van der Waals surface area contributed by atoms with Crippen LogP contribution in [0.5, 0.6) is 0 Å². The molecule has 94 valence electrons. The van der Waals surface area contributed by atoms with Gasteiger partial charge in [0, 0.05) is 25.0 Å². The van der Waals surface area contributed by atoms with Gasteiger partial charge in [-0.2, -0.15) is 0 Å². The van der Waals surface area contributed by atoms with Crippen molar-refractivity contribution in [3.63, 3.8) is 0 Å². The van der Waals surface area contributed by atoms with Crippen molar-refractivity contribution in [3.05, 3.63) is 46.5 Å². The van der Waals surface area contributed by atoms with Gasteiger partial charge in [0.25, 0.3) is 0 Å². The van der Waals surface area contributed by atoms with E-state index in [4.69, 9.17) is 0 Å². The second kappa shape index (κ2) is 4.51. The summed E-state index contributed by atoms with van der Waals surface area (Å²) in [5, 5.41) is 7.60. The third kappa shape index (κ3) is 2.01. The number of carbonyl (C=O) groups excluding carboxylic acids is 1. The summed E-state index contributed by atoms with van der Waals surface area (Å²) in [4.78, 5) is 20.8. The Labute approximate surface area is 116 Å². The first-order valence-corrected chi connectivity index (χ1v) is 6.27. The molecule has 0 saturated carbocycles. The smallest absolute Gasteiger partial charge is 0.213 e. The van der Waals surface area contributed by atoms with E-state index in [1.54, 1.807) is 37.6 Å². The van der Waals surface area contributed by atoms with E-state index in [1.165, 1.54) is 4.68 Å². The SMILES string of the molecule is Cn1nnc(Br)c1C(=O)c1ccc2nccnc2c1. The van der Waals surface area contributed by atoms with Crippen LogP contribution in [0, 0.1) is 0 Å². The van der Waals surface area contributed by atoms with Crippen LogP contribution in [0.2, 0.25) is 0 Å². The predicted molar refractivity (Wildman–Crippen MR) is 71.7 cm³/mol. The quantitative estimate of drug-likeness (QED) is 0.673. The molecule has 0 saturated heterocycles. The summed E-state index contributed by atoms with van der Waals surface area (Å²) in [6.07, 6.45) is 3.21. The Morgan fingerprint density at radius 2 is 1.95 bits per heavy atom. The Hall–Kier alpha value is -2.15. The first kappa shape index (κ1) is 11.9. The molecule has 2 aromatic heterocycles. The lowest BCUT2D eigenvalue weighted by Gasteiger charge is -2.02. The lowest BCUT2D eigenvalue weighted by atomic mass is 10.1. The minimum absolute atomic E-state index is 0.160. The maximum absolute atomic E-state index is 12.4. The monoisotopic (exact) mass is 317 g/mol. The minimum Gasteiger partial charge on any atom is -0.287 e. The maximum atomic E-state index is 12.4. The van der Waals surface area contributed by atoms with Crippen LogP contribution in [0.15, 0.2) is 35.2 Å². The number of aromatic nitrogens is 5. The van der Waals surface area contributed by atoms with E-state index in [1.807, 2.05) is 0 Å². The number of ketones is 1. The molecule has 3 aromatic rings. The number of benzene rings is 1. The molecular formula is C12H8BrN5O. The van der Waals surface area contributed by atoms with Crippen LogP contribution >= 0.6 is 15.9 Å². The summed E-state index contributed by atoms with van der Waals surface area (Å²) < 4.78 is 1.87. The number of aryl methyl sites for hydroxylation is 1. The van der Waals surface area contributed by atoms with Crippen molar-refractivity contribution >= 4 is 32.7 Å². The highest BCUT2D eigenvalue weighted by Gasteiger charge is 2.19. The van der Waals surface area contributed by atoms with Gasteiger partial charge in [0.1, 0.15) is 5.69 Å². The topological polar surface area (TPSA) is 73.6 Å². The molecule has 0 aliphatic heterocycles. The number of rotatable bonds is 2. The van der Waals surface area contributed by atoms with Gasteiger partial charge in [-0.25, -0.2) is 4.68 Å². The van der Waals surface area contributed by atoms with Gasteiger partial charge in [0.15, 0.2) is 4.60 Å². The fourth-order valence-corrected chi connectivity index (χ4v) is 2.32. The van der Waals surface area contributed by atoms with Crippen LogP contribution < -0.4 is 0 Å². The molecule has 7 heteroatoms. The van der Waals surface area contributed by atoms with E-state index >= 15 is 0 Å². The van der Waals surface area contributed by atoms with E-state index in [-0.39, 0.29) is 5.78 Å². The van der Waals surface area contributed by atoms with Crippen LogP contribution in [0.25, 0.3) is 11.0 Å². The van der Waals surface area contributed by atoms with Crippen LogP contribution in [0.4, 0.5) is 0 Å². The van der Waals surface area contributed by atoms with Crippen LogP contribution in [0.3, 0.4) is 0 Å². The lowest BCUT2D eigenvalue weighted by molar-refractivity contribution is 0.102. The summed E-state index contributed by atoms with van der Waals surface area (Å²) in [6.45, 7) is 0. The van der Waals surface area contributed by atoms with Gasteiger partial charge < -0.3 is 0 Å². The van der Waals surface area contributed by atoms with Crippen molar-refractivity contribution in [2.24, 2.45) is 7.05 Å². The third-order valence-corrected chi connectivity index (χ3v) is 3.27. The van der Waals surface area contributed by atoms with Crippen LogP contribution in [-0.2, 0) is 7.05 Å². The molecule has 0 spiro atoms. The van der Waals surface area contributed by atoms with Crippen LogP contribution in [-0.4, -0.2) is 30.7 Å². The normalized spacial score (nSPS) is 10.8. The zero-order valence-corrected chi connectivity index (χ0v) is 11.5. The van der Waals surface area contributed by atoms with Gasteiger partial charge in [-0.1, -0.05) is 5.21 Å². The highest BCUT2D eigenvalue weighted by atomic mass is 79.9. The molecule has 3 rings (SSSR count). The average Bonchev–Trinajstić information content (AvgIpc) is 2.77. The number of carbonyl (C=O) groups is 1. The summed E-state index contributed by atoms with van der Waals surface area (Å²) in [5.74, 6) is -0.160. The van der Waals surface area contributed by atoms with Gasteiger partial charge in [0.2, 0.25) is 5.78 Å². The first-order valence-electron chi connectivity index (χ1n) is 5.47. The summed E-state index contributed by atoms with van der Waals surface area (Å²) in [7, 11) is 1.67. The molecule has 0 N–H and O–H groups in total. The number of hydrogen-bond acceptors (Lipinski definition) is 5. The molecule has 19 heavy (non-hydrogen) atoms. The van der Waals surface area contributed by atoms with Gasteiger partial charge in [-0.15, -0.1) is 5.10 Å². The largest absolute Gasteiger partial charge is 0.287 e. The second-order valence-corrected chi connectivity index (χ2v) is 4.69. The molecule has 0 unspecified atom stereocenters. The van der Waals surface area contributed by atoms with Gasteiger partial charge in [-0.05, 0) is 34.1 Å². The molecule has 0 bridgehead atoms. The standard InChI is InChI=1S/C12H8BrN5O/c1-18-10(12(13)16-17-18)11(19)7-2-3-8-9(6-7)15-5-4-14-8/h2-6H,1H3. The highest BCUT2D eigenvalue weighted by Crippen LogP contribution is 2.19. The number of halogens is 1. The molecule has 1 aromatic carbocycles. The van der Waals surface area contributed by atoms with Gasteiger partial charge >= 0.3 is 0 Å². The number of hydrogen-bond donors (Lipinski definition) is 0. The molecule has 0 amide bonds. The van der Waals surface area contributed by atoms with Crippen LogP contribution in [0.1, 0.15) is 16.1 Å². The molecule has 0 radical (unpaired) electrons. The molecule has 6 nitrogen and oxygen atoms in total. The zero-order chi connectivity index (χ0) is 13.4. The molecule has 0 aliphatic rings. The molecule has 2 heterocycles. The fourth-order valence-electron chi connectivity index (χ4n) is 1.81. The summed E-state index contributed by atoms with van der Waals surface area (Å²) in [6, 6.07) is 5.20. The van der Waals surface area contributed by atoms with E-state index in [0.717, 1.165) is 5.52 Å². The molecular weight excluding hydrogens is 310 g/mol. The minimum atomic E-state index is -0.160. The Balaban J connectivity index is 2.12. The Morgan fingerprint density at radius 3 is 2.63 bits per heavy atom. The zero-order valence-electron chi connectivity index (χ0n) is 9.91. The fraction of sp³-hybridized carbons (Fsp3) is 0.0833. The first-order chi connectivity index (χ1) is 9.16. The van der Waals surface area contributed by atoms with Crippen molar-refractivity contribution in [3.8, 4) is 0 Å². The number of fused-ring (bicyclic) bond motifs is 1. The van der Waals surface area contributed by atoms with Gasteiger partial charge in [0.05, 0.1) is 11.0 Å². The molecule has 0 fully saturated rings. The predicted octanol–water partition coefficient (Wildman–Crippen LogP) is 1.75. The molecule has 0 atom stereocenters. The van der Waals surface area contributed by atoms with Crippen molar-refractivity contribution in [2.45, 2.75) is 0 Å². The van der Waals surface area contributed by atoms with E-state index < -0.39 is 0 Å². The van der Waals surface area contributed by atoms with Crippen molar-refractivity contribution < 1.29 is 4.79 Å². The Morgan fingerprint density at radius 1 is 1.21 bits per heavy atom. The van der Waals surface area contributed by atoms with Gasteiger partial charge in [-0.3, -0.25) is 14.8 Å². The number of nitrogens with zero attached hydrogens (tertiary/aromatic N) is 5. The summed E-state index contributed by atoms with van der Waals surface area (Å²) >= 11 is 3.22. The third-order valence-electron chi connectivity index (χ3n) is 2.73. The van der Waals surface area contributed by atoms with Crippen molar-refractivity contribution in [1.29, 1.82) is 0 Å². The molecule has 0 aliphatic carbocycles. The Kier molecular flexibility index (Phi) is 2.83. The lowest BCUT2D eigenvalue weighted by Crippen LogP contribution is -2.09. The highest BCUT2D eigenvalue weighted by molar-refractivity contribution is 9.10. The van der Waals surface area contributed by atoms with Crippen molar-refractivity contribution in [1.82, 2.24) is 25.0 Å². The van der Waals surface area contributed by atoms with E-state index in [9.17, 15) is 4.79 Å². The van der Waals surface area contributed by atoms with Crippen molar-refractivity contribution in [2.75, 3.05) is 0 Å². The van der Waals surface area contributed by atoms with E-state index in [2.05, 4.69) is 36.2 Å².